The molecule has 22 heavy (non-hydrogen) atoms. The highest BCUT2D eigenvalue weighted by atomic mass is 35.5. The number of amides is 1. The summed E-state index contributed by atoms with van der Waals surface area (Å²) >= 11 is 0. The molecular formula is C18H27ClN2O. The molecule has 2 aliphatic rings. The standard InChI is InChI=1S/C18H26N2O.ClH/c1-17(12-19)9-10-20(13-17)16(21)18(2)8-7-14-5-3-4-6-15(14)11-18;/h3-6H,7-13,19H2,1-2H3;1H. The maximum Gasteiger partial charge on any atom is 0.228 e. The van der Waals surface area contributed by atoms with Crippen molar-refractivity contribution < 1.29 is 4.79 Å². The Bertz CT molecular complexity index is 562. The summed E-state index contributed by atoms with van der Waals surface area (Å²) in [5.74, 6) is 0.328. The van der Waals surface area contributed by atoms with Gasteiger partial charge < -0.3 is 10.6 Å². The van der Waals surface area contributed by atoms with Gasteiger partial charge in [-0.3, -0.25) is 4.79 Å². The average molecular weight is 323 g/mol. The molecule has 1 aromatic rings. The monoisotopic (exact) mass is 322 g/mol. The Morgan fingerprint density at radius 2 is 1.91 bits per heavy atom. The normalized spacial score (nSPS) is 30.6. The number of aryl methyl sites for hydroxylation is 1. The number of nitrogens with zero attached hydrogens (tertiary/aromatic N) is 1. The van der Waals surface area contributed by atoms with Crippen molar-refractivity contribution in [2.24, 2.45) is 16.6 Å². The minimum absolute atomic E-state index is 0. The Kier molecular flexibility index (Phi) is 4.88. The van der Waals surface area contributed by atoms with E-state index in [9.17, 15) is 4.79 Å². The van der Waals surface area contributed by atoms with Crippen LogP contribution in [-0.4, -0.2) is 30.4 Å². The van der Waals surface area contributed by atoms with Gasteiger partial charge in [0, 0.05) is 13.1 Å². The molecule has 1 aliphatic carbocycles. The van der Waals surface area contributed by atoms with E-state index in [0.717, 1.165) is 38.8 Å². The van der Waals surface area contributed by atoms with E-state index in [2.05, 4.69) is 43.0 Å². The van der Waals surface area contributed by atoms with Crippen LogP contribution in [-0.2, 0) is 17.6 Å². The molecule has 1 heterocycles. The Labute approximate surface area is 139 Å². The molecule has 3 nitrogen and oxygen atoms in total. The molecule has 2 N–H and O–H groups in total. The molecule has 1 aliphatic heterocycles. The molecule has 2 atom stereocenters. The third-order valence-corrected chi connectivity index (χ3v) is 5.50. The predicted molar refractivity (Wildman–Crippen MR) is 92.2 cm³/mol. The lowest BCUT2D eigenvalue weighted by Gasteiger charge is -2.37. The molecule has 0 aromatic heterocycles. The van der Waals surface area contributed by atoms with E-state index < -0.39 is 0 Å². The second-order valence-corrected chi connectivity index (χ2v) is 7.50. The van der Waals surface area contributed by atoms with Gasteiger partial charge in [0.15, 0.2) is 0 Å². The highest BCUT2D eigenvalue weighted by molar-refractivity contribution is 5.85. The van der Waals surface area contributed by atoms with Crippen LogP contribution in [0.5, 0.6) is 0 Å². The van der Waals surface area contributed by atoms with Crippen LogP contribution in [0.15, 0.2) is 24.3 Å². The summed E-state index contributed by atoms with van der Waals surface area (Å²) in [6.45, 7) is 6.68. The van der Waals surface area contributed by atoms with E-state index in [1.165, 1.54) is 11.1 Å². The highest BCUT2D eigenvalue weighted by Gasteiger charge is 2.43. The second kappa shape index (κ2) is 6.21. The van der Waals surface area contributed by atoms with Gasteiger partial charge in [0.05, 0.1) is 5.41 Å². The molecule has 122 valence electrons. The van der Waals surface area contributed by atoms with Crippen LogP contribution < -0.4 is 5.73 Å². The molecular weight excluding hydrogens is 296 g/mol. The quantitative estimate of drug-likeness (QED) is 0.910. The number of carbonyl (C=O) groups is 1. The molecule has 1 fully saturated rings. The molecule has 1 saturated heterocycles. The van der Waals surface area contributed by atoms with Crippen molar-refractivity contribution >= 4 is 18.3 Å². The Morgan fingerprint density at radius 1 is 1.23 bits per heavy atom. The fourth-order valence-corrected chi connectivity index (χ4v) is 3.82. The van der Waals surface area contributed by atoms with Gasteiger partial charge in [-0.1, -0.05) is 38.1 Å². The fraction of sp³-hybridized carbons (Fsp3) is 0.611. The third-order valence-electron chi connectivity index (χ3n) is 5.50. The zero-order chi connectivity index (χ0) is 15.1. The Balaban J connectivity index is 0.00000176. The molecule has 0 saturated carbocycles. The third kappa shape index (κ3) is 3.02. The minimum Gasteiger partial charge on any atom is -0.342 e. The predicted octanol–water partition coefficient (Wildman–Crippen LogP) is 2.80. The lowest BCUT2D eigenvalue weighted by Crippen LogP contribution is -2.45. The molecule has 4 heteroatoms. The summed E-state index contributed by atoms with van der Waals surface area (Å²) in [6, 6.07) is 8.54. The van der Waals surface area contributed by atoms with Crippen molar-refractivity contribution in [2.45, 2.75) is 39.5 Å². The van der Waals surface area contributed by atoms with Gasteiger partial charge >= 0.3 is 0 Å². The van der Waals surface area contributed by atoms with Gasteiger partial charge in [-0.25, -0.2) is 0 Å². The first-order valence-electron chi connectivity index (χ1n) is 8.02. The van der Waals surface area contributed by atoms with Crippen LogP contribution in [0, 0.1) is 10.8 Å². The number of halogens is 1. The van der Waals surface area contributed by atoms with Crippen molar-refractivity contribution in [3.63, 3.8) is 0 Å². The van der Waals surface area contributed by atoms with Crippen molar-refractivity contribution in [2.75, 3.05) is 19.6 Å². The number of carbonyl (C=O) groups excluding carboxylic acids is 1. The lowest BCUT2D eigenvalue weighted by molar-refractivity contribution is -0.141. The fourth-order valence-electron chi connectivity index (χ4n) is 3.82. The topological polar surface area (TPSA) is 46.3 Å². The van der Waals surface area contributed by atoms with Crippen molar-refractivity contribution in [1.29, 1.82) is 0 Å². The summed E-state index contributed by atoms with van der Waals surface area (Å²) < 4.78 is 0. The average Bonchev–Trinajstić information content (AvgIpc) is 2.89. The number of hydrogen-bond donors (Lipinski definition) is 1. The number of rotatable bonds is 2. The van der Waals surface area contributed by atoms with E-state index in [-0.39, 0.29) is 23.2 Å². The van der Waals surface area contributed by atoms with Gasteiger partial charge in [0.25, 0.3) is 0 Å². The van der Waals surface area contributed by atoms with Crippen LogP contribution in [0.2, 0.25) is 0 Å². The maximum atomic E-state index is 13.0. The highest BCUT2D eigenvalue weighted by Crippen LogP contribution is 2.39. The summed E-state index contributed by atoms with van der Waals surface area (Å²) in [6.07, 6.45) is 3.87. The first kappa shape index (κ1) is 17.3. The molecule has 0 radical (unpaired) electrons. The summed E-state index contributed by atoms with van der Waals surface area (Å²) in [7, 11) is 0. The van der Waals surface area contributed by atoms with E-state index in [0.29, 0.717) is 12.5 Å². The number of benzene rings is 1. The van der Waals surface area contributed by atoms with Gasteiger partial charge in [-0.2, -0.15) is 0 Å². The number of fused-ring (bicyclic) bond motifs is 1. The van der Waals surface area contributed by atoms with Crippen LogP contribution >= 0.6 is 12.4 Å². The minimum atomic E-state index is -0.242. The molecule has 0 spiro atoms. The molecule has 2 unspecified atom stereocenters. The van der Waals surface area contributed by atoms with Crippen LogP contribution in [0.1, 0.15) is 37.8 Å². The number of nitrogens with two attached hydrogens (primary N) is 1. The first-order valence-corrected chi connectivity index (χ1v) is 8.02. The summed E-state index contributed by atoms with van der Waals surface area (Å²) in [4.78, 5) is 15.1. The Hall–Kier alpha value is -1.06. The van der Waals surface area contributed by atoms with Gasteiger partial charge in [-0.05, 0) is 48.8 Å². The van der Waals surface area contributed by atoms with Gasteiger partial charge in [-0.15, -0.1) is 12.4 Å². The lowest BCUT2D eigenvalue weighted by atomic mass is 9.72. The van der Waals surface area contributed by atoms with Crippen LogP contribution in [0.25, 0.3) is 0 Å². The van der Waals surface area contributed by atoms with Gasteiger partial charge in [0.2, 0.25) is 5.91 Å². The van der Waals surface area contributed by atoms with Crippen molar-refractivity contribution in [3.05, 3.63) is 35.4 Å². The molecule has 3 rings (SSSR count). The second-order valence-electron chi connectivity index (χ2n) is 7.50. The molecule has 0 bridgehead atoms. The molecule has 1 amide bonds. The summed E-state index contributed by atoms with van der Waals surface area (Å²) in [5, 5.41) is 0. The zero-order valence-electron chi connectivity index (χ0n) is 13.6. The number of likely N-dealkylation sites (tertiary alicyclic amines) is 1. The van der Waals surface area contributed by atoms with Crippen LogP contribution in [0.4, 0.5) is 0 Å². The van der Waals surface area contributed by atoms with Crippen LogP contribution in [0.3, 0.4) is 0 Å². The first-order chi connectivity index (χ1) is 9.96. The maximum absolute atomic E-state index is 13.0. The van der Waals surface area contributed by atoms with Crippen molar-refractivity contribution in [1.82, 2.24) is 4.90 Å². The van der Waals surface area contributed by atoms with E-state index in [1.807, 2.05) is 0 Å². The molecule has 1 aromatic carbocycles. The van der Waals surface area contributed by atoms with E-state index >= 15 is 0 Å². The SMILES string of the molecule is CC1(CN)CCN(C(=O)C2(C)CCc3ccccc3C2)C1.Cl. The van der Waals surface area contributed by atoms with E-state index in [1.54, 1.807) is 0 Å². The number of hydrogen-bond acceptors (Lipinski definition) is 2. The van der Waals surface area contributed by atoms with Crippen molar-refractivity contribution in [3.8, 4) is 0 Å². The summed E-state index contributed by atoms with van der Waals surface area (Å²) in [5.41, 5.74) is 8.50. The zero-order valence-corrected chi connectivity index (χ0v) is 14.4. The Morgan fingerprint density at radius 3 is 2.55 bits per heavy atom. The smallest absolute Gasteiger partial charge is 0.228 e. The van der Waals surface area contributed by atoms with Gasteiger partial charge in [0.1, 0.15) is 0 Å². The van der Waals surface area contributed by atoms with E-state index in [4.69, 9.17) is 5.73 Å². The largest absolute Gasteiger partial charge is 0.342 e.